The van der Waals surface area contributed by atoms with Gasteiger partial charge in [0.2, 0.25) is 0 Å². The molecule has 0 radical (unpaired) electrons. The smallest absolute Gasteiger partial charge is 0.262 e. The molecule has 0 aromatic carbocycles. The van der Waals surface area contributed by atoms with Gasteiger partial charge in [-0.15, -0.1) is 0 Å². The summed E-state index contributed by atoms with van der Waals surface area (Å²) < 4.78 is 1.81. The average Bonchev–Trinajstić information content (AvgIpc) is 2.41. The fourth-order valence-corrected chi connectivity index (χ4v) is 1.87. The summed E-state index contributed by atoms with van der Waals surface area (Å²) in [5, 5.41) is 8.91. The Labute approximate surface area is 83.5 Å². The number of aldehydes is 1. The van der Waals surface area contributed by atoms with E-state index in [2.05, 4.69) is 0 Å². The molecule has 0 fully saturated rings. The van der Waals surface area contributed by atoms with Crippen LogP contribution >= 0.6 is 23.1 Å². The van der Waals surface area contributed by atoms with Crippen LogP contribution in [-0.2, 0) is 11.3 Å². The molecular formula is C7H8ClNO3S. The standard InChI is InChI=1S/C7H8ClNO3S/c8-6-3-7(12)9(13-6)2-1-5(11)4-10/h3-5,11H,1-2H2. The van der Waals surface area contributed by atoms with E-state index in [-0.39, 0.29) is 12.0 Å². The number of carbonyl (C=O) groups excluding carboxylic acids is 1. The predicted molar refractivity (Wildman–Crippen MR) is 50.3 cm³/mol. The highest BCUT2D eigenvalue weighted by molar-refractivity contribution is 7.11. The third-order valence-electron chi connectivity index (χ3n) is 1.47. The highest BCUT2D eigenvalue weighted by Crippen LogP contribution is 2.12. The van der Waals surface area contributed by atoms with Gasteiger partial charge in [0.05, 0.1) is 0 Å². The number of aliphatic hydroxyl groups is 1. The maximum Gasteiger partial charge on any atom is 0.262 e. The van der Waals surface area contributed by atoms with Crippen molar-refractivity contribution in [1.29, 1.82) is 0 Å². The van der Waals surface area contributed by atoms with Gasteiger partial charge in [0.1, 0.15) is 16.7 Å². The first kappa shape index (κ1) is 10.4. The van der Waals surface area contributed by atoms with E-state index >= 15 is 0 Å². The highest BCUT2D eigenvalue weighted by Gasteiger charge is 2.05. The van der Waals surface area contributed by atoms with Crippen LogP contribution in [0.25, 0.3) is 0 Å². The molecule has 72 valence electrons. The van der Waals surface area contributed by atoms with Crippen molar-refractivity contribution >= 4 is 29.4 Å². The molecule has 1 rings (SSSR count). The van der Waals surface area contributed by atoms with Gasteiger partial charge in [-0.05, 0) is 18.0 Å². The molecule has 0 saturated heterocycles. The Morgan fingerprint density at radius 1 is 1.77 bits per heavy atom. The van der Waals surface area contributed by atoms with Crippen LogP contribution in [0.5, 0.6) is 0 Å². The van der Waals surface area contributed by atoms with Crippen molar-refractivity contribution in [2.75, 3.05) is 0 Å². The van der Waals surface area contributed by atoms with Gasteiger partial charge >= 0.3 is 0 Å². The molecule has 0 spiro atoms. The van der Waals surface area contributed by atoms with Gasteiger partial charge in [0, 0.05) is 12.6 Å². The van der Waals surface area contributed by atoms with Crippen molar-refractivity contribution in [3.63, 3.8) is 0 Å². The number of hydrogen-bond donors (Lipinski definition) is 1. The van der Waals surface area contributed by atoms with Gasteiger partial charge in [-0.25, -0.2) is 0 Å². The van der Waals surface area contributed by atoms with Gasteiger partial charge in [-0.1, -0.05) is 11.6 Å². The van der Waals surface area contributed by atoms with Crippen LogP contribution in [0.1, 0.15) is 6.42 Å². The largest absolute Gasteiger partial charge is 0.386 e. The minimum absolute atomic E-state index is 0.201. The maximum absolute atomic E-state index is 11.1. The monoisotopic (exact) mass is 221 g/mol. The van der Waals surface area contributed by atoms with Crippen molar-refractivity contribution < 1.29 is 9.90 Å². The molecular weight excluding hydrogens is 214 g/mol. The van der Waals surface area contributed by atoms with Crippen LogP contribution in [-0.4, -0.2) is 21.5 Å². The number of aliphatic hydroxyl groups excluding tert-OH is 1. The second-order valence-corrected chi connectivity index (χ2v) is 4.17. The molecule has 1 atom stereocenters. The zero-order valence-corrected chi connectivity index (χ0v) is 8.22. The lowest BCUT2D eigenvalue weighted by atomic mass is 10.3. The molecule has 4 nitrogen and oxygen atoms in total. The van der Waals surface area contributed by atoms with E-state index in [9.17, 15) is 9.59 Å². The van der Waals surface area contributed by atoms with Gasteiger partial charge in [-0.3, -0.25) is 8.75 Å². The zero-order chi connectivity index (χ0) is 9.84. The summed E-state index contributed by atoms with van der Waals surface area (Å²) in [7, 11) is 0. The van der Waals surface area contributed by atoms with E-state index < -0.39 is 6.10 Å². The molecule has 0 saturated carbocycles. The average molecular weight is 222 g/mol. The molecule has 1 aromatic rings. The molecule has 0 aliphatic carbocycles. The van der Waals surface area contributed by atoms with Gasteiger partial charge in [0.15, 0.2) is 0 Å². The number of hydrogen-bond acceptors (Lipinski definition) is 4. The summed E-state index contributed by atoms with van der Waals surface area (Å²) in [6.07, 6.45) is -0.326. The third-order valence-corrected chi connectivity index (χ3v) is 2.66. The fraction of sp³-hybridized carbons (Fsp3) is 0.429. The molecule has 0 aliphatic heterocycles. The number of carbonyl (C=O) groups is 1. The van der Waals surface area contributed by atoms with Gasteiger partial charge in [0.25, 0.3) is 5.56 Å². The van der Waals surface area contributed by atoms with Crippen LogP contribution in [0.3, 0.4) is 0 Å². The normalized spacial score (nSPS) is 12.8. The van der Waals surface area contributed by atoms with E-state index in [0.29, 0.717) is 17.2 Å². The molecule has 0 amide bonds. The minimum atomic E-state index is -1.01. The molecule has 1 unspecified atom stereocenters. The second kappa shape index (κ2) is 4.55. The number of aryl methyl sites for hydroxylation is 1. The van der Waals surface area contributed by atoms with E-state index in [4.69, 9.17) is 16.7 Å². The Bertz CT molecular complexity index is 346. The summed E-state index contributed by atoms with van der Waals surface area (Å²) in [5.74, 6) is 0. The maximum atomic E-state index is 11.1. The summed E-state index contributed by atoms with van der Waals surface area (Å²) in [6, 6.07) is 1.31. The lowest BCUT2D eigenvalue weighted by Gasteiger charge is -2.01. The van der Waals surface area contributed by atoms with Crippen molar-refractivity contribution in [3.8, 4) is 0 Å². The third kappa shape index (κ3) is 2.95. The molecule has 1 N–H and O–H groups in total. The lowest BCUT2D eigenvalue weighted by molar-refractivity contribution is -0.115. The van der Waals surface area contributed by atoms with Crippen LogP contribution in [0.4, 0.5) is 0 Å². The highest BCUT2D eigenvalue weighted by atomic mass is 35.5. The number of halogens is 1. The Morgan fingerprint density at radius 3 is 2.92 bits per heavy atom. The molecule has 13 heavy (non-hydrogen) atoms. The van der Waals surface area contributed by atoms with Crippen LogP contribution < -0.4 is 5.56 Å². The number of aromatic nitrogens is 1. The summed E-state index contributed by atoms with van der Waals surface area (Å²) in [6.45, 7) is 0.316. The number of nitrogens with zero attached hydrogens (tertiary/aromatic N) is 1. The molecule has 0 aliphatic rings. The van der Waals surface area contributed by atoms with E-state index in [1.807, 2.05) is 0 Å². The molecule has 6 heteroatoms. The minimum Gasteiger partial charge on any atom is -0.386 e. The Balaban J connectivity index is 2.59. The number of rotatable bonds is 4. The summed E-state index contributed by atoms with van der Waals surface area (Å²) in [5.41, 5.74) is -0.201. The fourth-order valence-electron chi connectivity index (χ4n) is 0.819. The van der Waals surface area contributed by atoms with Crippen LogP contribution in [0.15, 0.2) is 10.9 Å². The van der Waals surface area contributed by atoms with Gasteiger partial charge in [-0.2, -0.15) is 0 Å². The SMILES string of the molecule is O=CC(O)CCn1sc(Cl)cc1=O. The van der Waals surface area contributed by atoms with Crippen molar-refractivity contribution in [2.45, 2.75) is 19.1 Å². The zero-order valence-electron chi connectivity index (χ0n) is 6.64. The Kier molecular flexibility index (Phi) is 3.65. The van der Waals surface area contributed by atoms with Gasteiger partial charge < -0.3 is 9.90 Å². The second-order valence-electron chi connectivity index (χ2n) is 2.47. The summed E-state index contributed by atoms with van der Waals surface area (Å²) >= 11 is 6.69. The predicted octanol–water partition coefficient (Wildman–Crippen LogP) is 0.513. The molecule has 1 aromatic heterocycles. The summed E-state index contributed by atoms with van der Waals surface area (Å²) in [4.78, 5) is 21.1. The molecule has 1 heterocycles. The Hall–Kier alpha value is -0.650. The van der Waals surface area contributed by atoms with E-state index in [0.717, 1.165) is 11.5 Å². The first-order chi connectivity index (χ1) is 6.13. The van der Waals surface area contributed by atoms with Crippen molar-refractivity contribution in [3.05, 3.63) is 20.8 Å². The first-order valence-electron chi connectivity index (χ1n) is 3.63. The topological polar surface area (TPSA) is 59.3 Å². The quantitative estimate of drug-likeness (QED) is 0.754. The van der Waals surface area contributed by atoms with Crippen LogP contribution in [0.2, 0.25) is 4.34 Å². The lowest BCUT2D eigenvalue weighted by Crippen LogP contribution is -2.17. The van der Waals surface area contributed by atoms with E-state index in [1.165, 1.54) is 10.0 Å². The van der Waals surface area contributed by atoms with Crippen LogP contribution in [0, 0.1) is 0 Å². The molecule has 0 bridgehead atoms. The van der Waals surface area contributed by atoms with Crippen molar-refractivity contribution in [2.24, 2.45) is 0 Å². The van der Waals surface area contributed by atoms with E-state index in [1.54, 1.807) is 0 Å². The first-order valence-corrected chi connectivity index (χ1v) is 4.78. The van der Waals surface area contributed by atoms with Crippen molar-refractivity contribution in [1.82, 2.24) is 3.96 Å². The Morgan fingerprint density at radius 2 is 2.46 bits per heavy atom.